The molecule has 0 heterocycles. The predicted molar refractivity (Wildman–Crippen MR) is 61.4 cm³/mol. The number of halogens is 2. The van der Waals surface area contributed by atoms with Crippen molar-refractivity contribution in [1.82, 2.24) is 0 Å². The lowest BCUT2D eigenvalue weighted by Gasteiger charge is -2.27. The highest BCUT2D eigenvalue weighted by Crippen LogP contribution is 2.32. The third-order valence-corrected chi connectivity index (χ3v) is 3.32. The Balaban J connectivity index is 2.31. The molecule has 2 N–H and O–H groups in total. The van der Waals surface area contributed by atoms with Crippen molar-refractivity contribution in [1.29, 1.82) is 0 Å². The number of benzene rings is 1. The van der Waals surface area contributed by atoms with Gasteiger partial charge in [-0.2, -0.15) is 0 Å². The fourth-order valence-electron chi connectivity index (χ4n) is 2.35. The van der Waals surface area contributed by atoms with Crippen LogP contribution in [0, 0.1) is 11.6 Å². The largest absolute Gasteiger partial charge is 0.395 e. The standard InChI is InChI=1S/C12H16F2N2/c1-16(9-4-2-3-5-9)11-7-8(13)6-10(14)12(11)15/h6-7,9H,2-5,15H2,1H3. The molecular formula is C12H16F2N2. The van der Waals surface area contributed by atoms with Crippen molar-refractivity contribution < 1.29 is 8.78 Å². The minimum atomic E-state index is -0.681. The number of hydrogen-bond acceptors (Lipinski definition) is 2. The second-order valence-electron chi connectivity index (χ2n) is 4.37. The van der Waals surface area contributed by atoms with Crippen LogP contribution in [0.25, 0.3) is 0 Å². The van der Waals surface area contributed by atoms with Crippen LogP contribution in [0.4, 0.5) is 20.2 Å². The maximum absolute atomic E-state index is 13.3. The Morgan fingerprint density at radius 2 is 1.88 bits per heavy atom. The van der Waals surface area contributed by atoms with Crippen LogP contribution >= 0.6 is 0 Å². The fraction of sp³-hybridized carbons (Fsp3) is 0.500. The first-order valence-corrected chi connectivity index (χ1v) is 5.57. The monoisotopic (exact) mass is 226 g/mol. The minimum Gasteiger partial charge on any atom is -0.395 e. The van der Waals surface area contributed by atoms with E-state index in [-0.39, 0.29) is 5.69 Å². The molecule has 0 bridgehead atoms. The molecule has 1 aromatic rings. The molecule has 1 saturated carbocycles. The lowest BCUT2D eigenvalue weighted by molar-refractivity contribution is 0.581. The highest BCUT2D eigenvalue weighted by atomic mass is 19.1. The molecule has 88 valence electrons. The number of hydrogen-bond donors (Lipinski definition) is 1. The lowest BCUT2D eigenvalue weighted by atomic mass is 10.1. The van der Waals surface area contributed by atoms with Crippen molar-refractivity contribution >= 4 is 11.4 Å². The number of nitrogen functional groups attached to an aromatic ring is 1. The molecule has 16 heavy (non-hydrogen) atoms. The molecule has 0 spiro atoms. The Bertz CT molecular complexity index is 387. The zero-order valence-electron chi connectivity index (χ0n) is 9.34. The van der Waals surface area contributed by atoms with Gasteiger partial charge in [0, 0.05) is 19.2 Å². The summed E-state index contributed by atoms with van der Waals surface area (Å²) in [6.07, 6.45) is 4.47. The van der Waals surface area contributed by atoms with Gasteiger partial charge in [0.1, 0.15) is 5.82 Å². The summed E-state index contributed by atoms with van der Waals surface area (Å²) < 4.78 is 26.4. The van der Waals surface area contributed by atoms with E-state index < -0.39 is 11.6 Å². The molecule has 1 aliphatic carbocycles. The second kappa shape index (κ2) is 4.28. The molecule has 1 fully saturated rings. The molecule has 0 aliphatic heterocycles. The van der Waals surface area contributed by atoms with E-state index in [1.807, 2.05) is 11.9 Å². The van der Waals surface area contributed by atoms with Crippen LogP contribution in [-0.2, 0) is 0 Å². The van der Waals surface area contributed by atoms with Gasteiger partial charge in [-0.05, 0) is 18.9 Å². The molecule has 0 amide bonds. The number of rotatable bonds is 2. The fourth-order valence-corrected chi connectivity index (χ4v) is 2.35. The molecular weight excluding hydrogens is 210 g/mol. The van der Waals surface area contributed by atoms with Gasteiger partial charge in [0.25, 0.3) is 0 Å². The van der Waals surface area contributed by atoms with Gasteiger partial charge in [-0.25, -0.2) is 8.78 Å². The van der Waals surface area contributed by atoms with Gasteiger partial charge in [-0.15, -0.1) is 0 Å². The summed E-state index contributed by atoms with van der Waals surface area (Å²) in [7, 11) is 1.85. The van der Waals surface area contributed by atoms with Gasteiger partial charge in [0.15, 0.2) is 5.82 Å². The summed E-state index contributed by atoms with van der Waals surface area (Å²) in [5.74, 6) is -1.26. The Morgan fingerprint density at radius 3 is 2.50 bits per heavy atom. The van der Waals surface area contributed by atoms with Crippen LogP contribution in [-0.4, -0.2) is 13.1 Å². The van der Waals surface area contributed by atoms with Crippen molar-refractivity contribution in [3.8, 4) is 0 Å². The van der Waals surface area contributed by atoms with E-state index in [9.17, 15) is 8.78 Å². The van der Waals surface area contributed by atoms with Crippen LogP contribution in [0.3, 0.4) is 0 Å². The third-order valence-electron chi connectivity index (χ3n) is 3.32. The highest BCUT2D eigenvalue weighted by Gasteiger charge is 2.22. The van der Waals surface area contributed by atoms with Gasteiger partial charge in [-0.1, -0.05) is 12.8 Å². The van der Waals surface area contributed by atoms with E-state index in [0.29, 0.717) is 11.7 Å². The van der Waals surface area contributed by atoms with E-state index in [2.05, 4.69) is 0 Å². The average molecular weight is 226 g/mol. The molecule has 1 aromatic carbocycles. The van der Waals surface area contributed by atoms with Gasteiger partial charge in [-0.3, -0.25) is 0 Å². The summed E-state index contributed by atoms with van der Waals surface area (Å²) >= 11 is 0. The Labute approximate surface area is 94.0 Å². The first-order valence-electron chi connectivity index (χ1n) is 5.57. The van der Waals surface area contributed by atoms with E-state index in [4.69, 9.17) is 5.73 Å². The minimum absolute atomic E-state index is 0.0378. The summed E-state index contributed by atoms with van der Waals surface area (Å²) in [6.45, 7) is 0. The lowest BCUT2D eigenvalue weighted by Crippen LogP contribution is -2.29. The molecule has 0 radical (unpaired) electrons. The molecule has 0 unspecified atom stereocenters. The first kappa shape index (κ1) is 11.2. The van der Waals surface area contributed by atoms with E-state index in [1.165, 1.54) is 18.9 Å². The number of nitrogens with two attached hydrogens (primary N) is 1. The second-order valence-corrected chi connectivity index (χ2v) is 4.37. The zero-order chi connectivity index (χ0) is 11.7. The molecule has 0 atom stereocenters. The molecule has 2 nitrogen and oxygen atoms in total. The maximum Gasteiger partial charge on any atom is 0.151 e. The van der Waals surface area contributed by atoms with Crippen molar-refractivity contribution in [2.75, 3.05) is 17.7 Å². The molecule has 2 rings (SSSR count). The number of nitrogens with zero attached hydrogens (tertiary/aromatic N) is 1. The average Bonchev–Trinajstić information content (AvgIpc) is 2.75. The van der Waals surface area contributed by atoms with Gasteiger partial charge < -0.3 is 10.6 Å². The topological polar surface area (TPSA) is 29.3 Å². The zero-order valence-corrected chi connectivity index (χ0v) is 9.34. The highest BCUT2D eigenvalue weighted by molar-refractivity contribution is 5.68. The molecule has 1 aliphatic rings. The Morgan fingerprint density at radius 1 is 1.25 bits per heavy atom. The van der Waals surface area contributed by atoms with Crippen LogP contribution in [0.5, 0.6) is 0 Å². The van der Waals surface area contributed by atoms with Gasteiger partial charge in [0.05, 0.1) is 11.4 Å². The summed E-state index contributed by atoms with van der Waals surface area (Å²) in [5.41, 5.74) is 6.14. The normalized spacial score (nSPS) is 16.7. The van der Waals surface area contributed by atoms with Crippen LogP contribution in [0.2, 0.25) is 0 Å². The first-order chi connectivity index (χ1) is 7.59. The third kappa shape index (κ3) is 1.96. The summed E-state index contributed by atoms with van der Waals surface area (Å²) in [4.78, 5) is 1.90. The molecule has 0 aromatic heterocycles. The molecule has 0 saturated heterocycles. The van der Waals surface area contributed by atoms with Crippen LogP contribution in [0.15, 0.2) is 12.1 Å². The summed E-state index contributed by atoms with van der Waals surface area (Å²) in [5, 5.41) is 0. The van der Waals surface area contributed by atoms with Crippen LogP contribution < -0.4 is 10.6 Å². The van der Waals surface area contributed by atoms with Gasteiger partial charge >= 0.3 is 0 Å². The smallest absolute Gasteiger partial charge is 0.151 e. The SMILES string of the molecule is CN(c1cc(F)cc(F)c1N)C1CCCC1. The summed E-state index contributed by atoms with van der Waals surface area (Å²) in [6, 6.07) is 2.47. The van der Waals surface area contributed by atoms with Crippen molar-refractivity contribution in [3.63, 3.8) is 0 Å². The van der Waals surface area contributed by atoms with Crippen LogP contribution in [0.1, 0.15) is 25.7 Å². The van der Waals surface area contributed by atoms with E-state index in [0.717, 1.165) is 18.9 Å². The van der Waals surface area contributed by atoms with Gasteiger partial charge in [0.2, 0.25) is 0 Å². The quantitative estimate of drug-likeness (QED) is 0.785. The van der Waals surface area contributed by atoms with E-state index >= 15 is 0 Å². The van der Waals surface area contributed by atoms with E-state index in [1.54, 1.807) is 0 Å². The van der Waals surface area contributed by atoms with Crippen molar-refractivity contribution in [2.24, 2.45) is 0 Å². The van der Waals surface area contributed by atoms with Crippen molar-refractivity contribution in [3.05, 3.63) is 23.8 Å². The Kier molecular flexibility index (Phi) is 2.99. The van der Waals surface area contributed by atoms with Crippen molar-refractivity contribution in [2.45, 2.75) is 31.7 Å². The molecule has 4 heteroatoms. The maximum atomic E-state index is 13.3. The number of anilines is 2. The predicted octanol–water partition coefficient (Wildman–Crippen LogP) is 2.93. The Hall–Kier alpha value is -1.32.